The predicted octanol–water partition coefficient (Wildman–Crippen LogP) is 4.50. The summed E-state index contributed by atoms with van der Waals surface area (Å²) in [5, 5.41) is 8.77. The molecule has 0 amide bonds. The molecule has 0 radical (unpaired) electrons. The van der Waals surface area contributed by atoms with E-state index in [0.29, 0.717) is 5.75 Å². The number of aliphatic carboxylic acids is 1. The van der Waals surface area contributed by atoms with E-state index < -0.39 is 5.97 Å². The van der Waals surface area contributed by atoms with E-state index in [1.165, 1.54) is 0 Å². The Morgan fingerprint density at radius 2 is 1.67 bits per heavy atom. The first-order chi connectivity index (χ1) is 9.94. The molecule has 0 aliphatic rings. The lowest BCUT2D eigenvalue weighted by molar-refractivity contribution is -0.131. The first kappa shape index (κ1) is 14.9. The molecule has 2 aromatic rings. The van der Waals surface area contributed by atoms with Crippen LogP contribution in [0.4, 0.5) is 0 Å². The van der Waals surface area contributed by atoms with E-state index in [-0.39, 0.29) is 0 Å². The first-order valence-electron chi connectivity index (χ1n) is 6.72. The Labute approximate surface area is 124 Å². The smallest absolute Gasteiger partial charge is 0.328 e. The van der Waals surface area contributed by atoms with Crippen molar-refractivity contribution in [3.8, 4) is 11.5 Å². The number of hydrogen-bond acceptors (Lipinski definition) is 2. The summed E-state index contributed by atoms with van der Waals surface area (Å²) in [4.78, 5) is 10.7. The van der Waals surface area contributed by atoms with E-state index in [2.05, 4.69) is 6.07 Å². The van der Waals surface area contributed by atoms with Gasteiger partial charge in [0.1, 0.15) is 11.5 Å². The van der Waals surface area contributed by atoms with Crippen LogP contribution < -0.4 is 4.74 Å². The SMILES string of the molecule is Cc1cc(C)cc(Oc2ccc(C)cc2/C=C/C(=O)O)c1. The van der Waals surface area contributed by atoms with Crippen LogP contribution >= 0.6 is 0 Å². The Kier molecular flexibility index (Phi) is 4.43. The van der Waals surface area contributed by atoms with Crippen molar-refractivity contribution < 1.29 is 14.6 Å². The maximum absolute atomic E-state index is 10.7. The molecule has 3 nitrogen and oxygen atoms in total. The number of carboxylic acid groups (broad SMARTS) is 1. The molecule has 0 unspecified atom stereocenters. The number of carboxylic acids is 1. The zero-order valence-corrected chi connectivity index (χ0v) is 12.4. The first-order valence-corrected chi connectivity index (χ1v) is 6.72. The molecule has 21 heavy (non-hydrogen) atoms. The second kappa shape index (κ2) is 6.27. The summed E-state index contributed by atoms with van der Waals surface area (Å²) in [5.41, 5.74) is 4.05. The molecular weight excluding hydrogens is 264 g/mol. The van der Waals surface area contributed by atoms with Crippen molar-refractivity contribution in [2.45, 2.75) is 20.8 Å². The molecule has 3 heteroatoms. The zero-order chi connectivity index (χ0) is 15.4. The molecule has 108 valence electrons. The number of aryl methyl sites for hydroxylation is 3. The highest BCUT2D eigenvalue weighted by atomic mass is 16.5. The highest BCUT2D eigenvalue weighted by molar-refractivity contribution is 5.86. The molecule has 1 N–H and O–H groups in total. The van der Waals surface area contributed by atoms with Crippen molar-refractivity contribution in [2.75, 3.05) is 0 Å². The topological polar surface area (TPSA) is 46.5 Å². The van der Waals surface area contributed by atoms with E-state index in [4.69, 9.17) is 9.84 Å². The van der Waals surface area contributed by atoms with E-state index in [9.17, 15) is 4.79 Å². The van der Waals surface area contributed by atoms with Gasteiger partial charge >= 0.3 is 5.97 Å². The van der Waals surface area contributed by atoms with Crippen molar-refractivity contribution in [1.29, 1.82) is 0 Å². The molecule has 2 rings (SSSR count). The van der Waals surface area contributed by atoms with E-state index >= 15 is 0 Å². The second-order valence-corrected chi connectivity index (χ2v) is 5.14. The molecule has 2 aromatic carbocycles. The highest BCUT2D eigenvalue weighted by Gasteiger charge is 2.05. The molecule has 0 bridgehead atoms. The molecular formula is C18H18O3. The molecule has 0 saturated heterocycles. The van der Waals surface area contributed by atoms with Crippen LogP contribution in [-0.2, 0) is 4.79 Å². The van der Waals surface area contributed by atoms with Crippen LogP contribution in [0.5, 0.6) is 11.5 Å². The Hall–Kier alpha value is -2.55. The van der Waals surface area contributed by atoms with Crippen LogP contribution in [0.3, 0.4) is 0 Å². The van der Waals surface area contributed by atoms with Crippen LogP contribution in [0.2, 0.25) is 0 Å². The fourth-order valence-electron chi connectivity index (χ4n) is 2.17. The van der Waals surface area contributed by atoms with Gasteiger partial charge in [0.2, 0.25) is 0 Å². The summed E-state index contributed by atoms with van der Waals surface area (Å²) in [6, 6.07) is 11.7. The van der Waals surface area contributed by atoms with Crippen molar-refractivity contribution in [3.05, 3.63) is 64.7 Å². The summed E-state index contributed by atoms with van der Waals surface area (Å²) < 4.78 is 5.91. The lowest BCUT2D eigenvalue weighted by atomic mass is 10.1. The van der Waals surface area contributed by atoms with Crippen molar-refractivity contribution in [2.24, 2.45) is 0 Å². The highest BCUT2D eigenvalue weighted by Crippen LogP contribution is 2.28. The molecule has 0 fully saturated rings. The molecule has 0 spiro atoms. The van der Waals surface area contributed by atoms with Crippen LogP contribution in [-0.4, -0.2) is 11.1 Å². The quantitative estimate of drug-likeness (QED) is 0.840. The minimum atomic E-state index is -0.978. The van der Waals surface area contributed by atoms with E-state index in [1.807, 2.05) is 51.1 Å². The monoisotopic (exact) mass is 282 g/mol. The molecule has 0 heterocycles. The number of ether oxygens (including phenoxy) is 1. The van der Waals surface area contributed by atoms with Gasteiger partial charge in [-0.3, -0.25) is 0 Å². The normalized spacial score (nSPS) is 10.8. The van der Waals surface area contributed by atoms with Crippen molar-refractivity contribution >= 4 is 12.0 Å². The van der Waals surface area contributed by atoms with Gasteiger partial charge in [-0.15, -0.1) is 0 Å². The fraction of sp³-hybridized carbons (Fsp3) is 0.167. The van der Waals surface area contributed by atoms with Gasteiger partial charge in [0, 0.05) is 11.6 Å². The molecule has 0 aromatic heterocycles. The maximum atomic E-state index is 10.7. The van der Waals surface area contributed by atoms with E-state index in [1.54, 1.807) is 6.08 Å². The summed E-state index contributed by atoms with van der Waals surface area (Å²) in [7, 11) is 0. The summed E-state index contributed by atoms with van der Waals surface area (Å²) in [5.74, 6) is 0.415. The van der Waals surface area contributed by atoms with Crippen LogP contribution in [0.1, 0.15) is 22.3 Å². The summed E-state index contributed by atoms with van der Waals surface area (Å²) in [6.45, 7) is 5.99. The Morgan fingerprint density at radius 1 is 1.00 bits per heavy atom. The van der Waals surface area contributed by atoms with Gasteiger partial charge in [0.25, 0.3) is 0 Å². The maximum Gasteiger partial charge on any atom is 0.328 e. The lowest BCUT2D eigenvalue weighted by Crippen LogP contribution is -1.91. The molecule has 0 aliphatic carbocycles. The van der Waals surface area contributed by atoms with Crippen molar-refractivity contribution in [1.82, 2.24) is 0 Å². The van der Waals surface area contributed by atoms with Gasteiger partial charge in [0.05, 0.1) is 0 Å². The Bertz CT molecular complexity index is 679. The van der Waals surface area contributed by atoms with Gasteiger partial charge in [-0.2, -0.15) is 0 Å². The predicted molar refractivity (Wildman–Crippen MR) is 83.8 cm³/mol. The molecule has 0 aliphatic heterocycles. The Balaban J connectivity index is 2.36. The van der Waals surface area contributed by atoms with Gasteiger partial charge in [0.15, 0.2) is 0 Å². The lowest BCUT2D eigenvalue weighted by Gasteiger charge is -2.11. The van der Waals surface area contributed by atoms with E-state index in [0.717, 1.165) is 34.1 Å². The van der Waals surface area contributed by atoms with Crippen LogP contribution in [0.15, 0.2) is 42.5 Å². The van der Waals surface area contributed by atoms with Gasteiger partial charge in [-0.25, -0.2) is 4.79 Å². The zero-order valence-electron chi connectivity index (χ0n) is 12.4. The molecule has 0 atom stereocenters. The minimum Gasteiger partial charge on any atom is -0.478 e. The van der Waals surface area contributed by atoms with Crippen molar-refractivity contribution in [3.63, 3.8) is 0 Å². The van der Waals surface area contributed by atoms with Crippen LogP contribution in [0, 0.1) is 20.8 Å². The van der Waals surface area contributed by atoms with Gasteiger partial charge in [-0.05, 0) is 62.2 Å². The Morgan fingerprint density at radius 3 is 2.29 bits per heavy atom. The average molecular weight is 282 g/mol. The van der Waals surface area contributed by atoms with Crippen LogP contribution in [0.25, 0.3) is 6.08 Å². The second-order valence-electron chi connectivity index (χ2n) is 5.14. The summed E-state index contributed by atoms with van der Waals surface area (Å²) >= 11 is 0. The number of benzene rings is 2. The third-order valence-corrected chi connectivity index (χ3v) is 2.99. The number of hydrogen-bond donors (Lipinski definition) is 1. The minimum absolute atomic E-state index is 0.642. The third-order valence-electron chi connectivity index (χ3n) is 2.99. The number of carbonyl (C=O) groups is 1. The molecule has 0 saturated carbocycles. The van der Waals surface area contributed by atoms with Gasteiger partial charge in [-0.1, -0.05) is 17.7 Å². The average Bonchev–Trinajstić information content (AvgIpc) is 2.37. The largest absolute Gasteiger partial charge is 0.478 e. The standard InChI is InChI=1S/C18H18O3/c1-12-4-6-17(15(9-12)5-7-18(19)20)21-16-10-13(2)8-14(3)11-16/h4-11H,1-3H3,(H,19,20)/b7-5+. The third kappa shape index (κ3) is 4.21. The summed E-state index contributed by atoms with van der Waals surface area (Å²) in [6.07, 6.45) is 2.66. The fourth-order valence-corrected chi connectivity index (χ4v) is 2.17. The van der Waals surface area contributed by atoms with Gasteiger partial charge < -0.3 is 9.84 Å². The number of rotatable bonds is 4.